The van der Waals surface area contributed by atoms with E-state index < -0.39 is 20.9 Å². The van der Waals surface area contributed by atoms with Gasteiger partial charge in [-0.1, -0.05) is 37.8 Å². The zero-order valence-electron chi connectivity index (χ0n) is 11.8. The number of benzene rings is 1. The molecule has 5 heteroatoms. The normalized spacial score (nSPS) is 24.9. The highest BCUT2D eigenvalue weighted by Crippen LogP contribution is 2.28. The molecule has 0 saturated heterocycles. The van der Waals surface area contributed by atoms with Crippen LogP contribution in [0.5, 0.6) is 0 Å². The van der Waals surface area contributed by atoms with Gasteiger partial charge < -0.3 is 5.32 Å². The summed E-state index contributed by atoms with van der Waals surface area (Å²) in [7, 11) is -1.84. The van der Waals surface area contributed by atoms with Crippen LogP contribution in [0.3, 0.4) is 0 Å². The fourth-order valence-electron chi connectivity index (χ4n) is 2.99. The highest BCUT2D eigenvalue weighted by molar-refractivity contribution is 7.92. The molecule has 2 atom stereocenters. The van der Waals surface area contributed by atoms with Crippen molar-refractivity contribution >= 4 is 9.84 Å². The summed E-state index contributed by atoms with van der Waals surface area (Å²) in [5.41, 5.74) is 0. The second kappa shape index (κ2) is 6.68. The summed E-state index contributed by atoms with van der Waals surface area (Å²) in [5.74, 6) is -0.649. The Bertz CT molecular complexity index is 545. The predicted molar refractivity (Wildman–Crippen MR) is 77.9 cm³/mol. The fourth-order valence-corrected chi connectivity index (χ4v) is 5.11. The maximum Gasteiger partial charge on any atom is 0.185 e. The Hall–Kier alpha value is -0.940. The molecule has 3 nitrogen and oxygen atoms in total. The molecule has 0 radical (unpaired) electrons. The molecule has 0 amide bonds. The van der Waals surface area contributed by atoms with Gasteiger partial charge in [0, 0.05) is 6.04 Å². The number of nitrogens with one attached hydrogen (secondary N) is 1. The topological polar surface area (TPSA) is 46.2 Å². The molecule has 1 aliphatic carbocycles. The number of sulfone groups is 1. The van der Waals surface area contributed by atoms with Crippen LogP contribution in [0.4, 0.5) is 4.39 Å². The van der Waals surface area contributed by atoms with E-state index in [1.807, 2.05) is 0 Å². The lowest BCUT2D eigenvalue weighted by atomic mass is 9.96. The van der Waals surface area contributed by atoms with E-state index in [9.17, 15) is 12.8 Å². The molecular weight excluding hydrogens is 277 g/mol. The molecule has 1 aromatic carbocycles. The quantitative estimate of drug-likeness (QED) is 0.933. The van der Waals surface area contributed by atoms with Crippen LogP contribution in [-0.2, 0) is 9.84 Å². The van der Waals surface area contributed by atoms with Crippen LogP contribution in [0.2, 0.25) is 0 Å². The zero-order chi connectivity index (χ0) is 14.6. The molecule has 0 aromatic heterocycles. The van der Waals surface area contributed by atoms with Gasteiger partial charge >= 0.3 is 0 Å². The number of halogens is 1. The smallest absolute Gasteiger partial charge is 0.185 e. The van der Waals surface area contributed by atoms with Crippen molar-refractivity contribution in [1.82, 2.24) is 5.32 Å². The Morgan fingerprint density at radius 2 is 1.75 bits per heavy atom. The molecule has 0 spiro atoms. The van der Waals surface area contributed by atoms with Crippen LogP contribution in [0.15, 0.2) is 29.2 Å². The predicted octanol–water partition coefficient (Wildman–Crippen LogP) is 2.91. The van der Waals surface area contributed by atoms with Crippen molar-refractivity contribution in [2.75, 3.05) is 7.05 Å². The summed E-state index contributed by atoms with van der Waals surface area (Å²) in [5, 5.41) is 2.58. The molecule has 1 N–H and O–H groups in total. The first-order valence-corrected chi connectivity index (χ1v) is 8.77. The summed E-state index contributed by atoms with van der Waals surface area (Å²) >= 11 is 0. The third kappa shape index (κ3) is 3.20. The SMILES string of the molecule is CNC1CCCCCCC1S(=O)(=O)c1ccccc1F. The molecule has 112 valence electrons. The number of rotatable bonds is 3. The third-order valence-corrected chi connectivity index (χ3v) is 6.42. The van der Waals surface area contributed by atoms with Crippen molar-refractivity contribution in [3.05, 3.63) is 30.1 Å². The maximum absolute atomic E-state index is 13.9. The monoisotopic (exact) mass is 299 g/mol. The minimum absolute atomic E-state index is 0.0973. The zero-order valence-corrected chi connectivity index (χ0v) is 12.6. The fraction of sp³-hybridized carbons (Fsp3) is 0.600. The van der Waals surface area contributed by atoms with Gasteiger partial charge in [-0.05, 0) is 32.0 Å². The summed E-state index contributed by atoms with van der Waals surface area (Å²) in [6, 6.07) is 5.58. The molecule has 20 heavy (non-hydrogen) atoms. The van der Waals surface area contributed by atoms with Gasteiger partial charge in [-0.15, -0.1) is 0 Å². The lowest BCUT2D eigenvalue weighted by molar-refractivity contribution is 0.404. The van der Waals surface area contributed by atoms with Crippen molar-refractivity contribution in [3.63, 3.8) is 0 Å². The van der Waals surface area contributed by atoms with E-state index in [-0.39, 0.29) is 10.9 Å². The Morgan fingerprint density at radius 3 is 2.40 bits per heavy atom. The minimum Gasteiger partial charge on any atom is -0.316 e. The average molecular weight is 299 g/mol. The molecule has 0 aliphatic heterocycles. The van der Waals surface area contributed by atoms with E-state index in [1.54, 1.807) is 13.1 Å². The largest absolute Gasteiger partial charge is 0.316 e. The molecule has 1 aliphatic rings. The van der Waals surface area contributed by atoms with Gasteiger partial charge in [0.15, 0.2) is 9.84 Å². The van der Waals surface area contributed by atoms with Gasteiger partial charge in [0.1, 0.15) is 10.7 Å². The Labute approximate surface area is 120 Å². The minimum atomic E-state index is -3.63. The number of hydrogen-bond acceptors (Lipinski definition) is 3. The van der Waals surface area contributed by atoms with Crippen LogP contribution >= 0.6 is 0 Å². The molecule has 1 saturated carbocycles. The van der Waals surface area contributed by atoms with Gasteiger partial charge in [0.2, 0.25) is 0 Å². The molecular formula is C15H22FNO2S. The van der Waals surface area contributed by atoms with E-state index in [4.69, 9.17) is 0 Å². The molecule has 0 bridgehead atoms. The highest BCUT2D eigenvalue weighted by atomic mass is 32.2. The average Bonchev–Trinajstić information content (AvgIpc) is 2.38. The van der Waals surface area contributed by atoms with E-state index in [2.05, 4.69) is 5.32 Å². The molecule has 2 unspecified atom stereocenters. The van der Waals surface area contributed by atoms with Gasteiger partial charge in [-0.2, -0.15) is 0 Å². The van der Waals surface area contributed by atoms with Crippen molar-refractivity contribution in [2.45, 2.75) is 54.7 Å². The molecule has 2 rings (SSSR count). The van der Waals surface area contributed by atoms with Crippen LogP contribution in [0, 0.1) is 5.82 Å². The third-order valence-electron chi connectivity index (χ3n) is 4.12. The van der Waals surface area contributed by atoms with Gasteiger partial charge in [-0.25, -0.2) is 12.8 Å². The lowest BCUT2D eigenvalue weighted by Gasteiger charge is -2.29. The van der Waals surface area contributed by atoms with Crippen molar-refractivity contribution < 1.29 is 12.8 Å². The van der Waals surface area contributed by atoms with E-state index in [1.165, 1.54) is 18.2 Å². The Morgan fingerprint density at radius 1 is 1.10 bits per heavy atom. The summed E-state index contributed by atoms with van der Waals surface area (Å²) in [6.45, 7) is 0. The van der Waals surface area contributed by atoms with Crippen LogP contribution < -0.4 is 5.32 Å². The lowest BCUT2D eigenvalue weighted by Crippen LogP contribution is -2.43. The molecule has 0 heterocycles. The van der Waals surface area contributed by atoms with Gasteiger partial charge in [-0.3, -0.25) is 0 Å². The van der Waals surface area contributed by atoms with Crippen molar-refractivity contribution in [2.24, 2.45) is 0 Å². The van der Waals surface area contributed by atoms with Crippen LogP contribution in [-0.4, -0.2) is 26.8 Å². The Balaban J connectivity index is 2.36. The Kier molecular flexibility index (Phi) is 5.16. The summed E-state index contributed by atoms with van der Waals surface area (Å²) in [4.78, 5) is -0.161. The second-order valence-electron chi connectivity index (χ2n) is 5.40. The summed E-state index contributed by atoms with van der Waals surface area (Å²) < 4.78 is 39.4. The van der Waals surface area contributed by atoms with Gasteiger partial charge in [0.05, 0.1) is 5.25 Å². The first kappa shape index (κ1) is 15.4. The van der Waals surface area contributed by atoms with Crippen molar-refractivity contribution in [3.8, 4) is 0 Å². The van der Waals surface area contributed by atoms with E-state index in [0.29, 0.717) is 6.42 Å². The van der Waals surface area contributed by atoms with E-state index in [0.717, 1.165) is 32.1 Å². The number of hydrogen-bond donors (Lipinski definition) is 1. The first-order chi connectivity index (χ1) is 9.57. The summed E-state index contributed by atoms with van der Waals surface area (Å²) in [6.07, 6.45) is 5.53. The van der Waals surface area contributed by atoms with Crippen LogP contribution in [0.25, 0.3) is 0 Å². The molecule has 1 aromatic rings. The molecule has 1 fully saturated rings. The standard InChI is InChI=1S/C15H22FNO2S/c1-17-13-9-4-2-3-5-11-15(13)20(18,19)14-10-7-6-8-12(14)16/h6-8,10,13,15,17H,2-5,9,11H2,1H3. The van der Waals surface area contributed by atoms with Crippen molar-refractivity contribution in [1.29, 1.82) is 0 Å². The maximum atomic E-state index is 13.9. The van der Waals surface area contributed by atoms with Gasteiger partial charge in [0.25, 0.3) is 0 Å². The van der Waals surface area contributed by atoms with Crippen LogP contribution in [0.1, 0.15) is 38.5 Å². The van der Waals surface area contributed by atoms with E-state index >= 15 is 0 Å². The second-order valence-corrected chi connectivity index (χ2v) is 7.54. The highest BCUT2D eigenvalue weighted by Gasteiger charge is 2.35. The first-order valence-electron chi connectivity index (χ1n) is 7.23.